The van der Waals surface area contributed by atoms with E-state index in [1.165, 1.54) is 12.1 Å². The average molecular weight is 303 g/mol. The van der Waals surface area contributed by atoms with Crippen molar-refractivity contribution in [3.05, 3.63) is 28.3 Å². The number of nitrogen functional groups attached to an aromatic ring is 1. The van der Waals surface area contributed by atoms with Crippen molar-refractivity contribution in [1.82, 2.24) is 0 Å². The molecule has 1 aromatic carbocycles. The smallest absolute Gasteiger partial charge is 0.307 e. The van der Waals surface area contributed by atoms with Crippen LogP contribution in [0.3, 0.4) is 0 Å². The Balaban J connectivity index is 2.48. The van der Waals surface area contributed by atoms with Crippen molar-refractivity contribution >= 4 is 33.2 Å². The molecule has 0 bridgehead atoms. The lowest BCUT2D eigenvalue weighted by Gasteiger charge is -2.17. The normalized spacial score (nSPS) is 19.4. The Morgan fingerprint density at radius 3 is 2.60 bits per heavy atom. The van der Waals surface area contributed by atoms with Crippen molar-refractivity contribution in [1.29, 1.82) is 0 Å². The fourth-order valence-corrected chi connectivity index (χ4v) is 2.74. The third-order valence-corrected chi connectivity index (χ3v) is 4.11. The van der Waals surface area contributed by atoms with Crippen LogP contribution in [-0.4, -0.2) is 31.0 Å². The maximum absolute atomic E-state index is 12.9. The van der Waals surface area contributed by atoms with Gasteiger partial charge in [-0.3, -0.25) is 14.9 Å². The number of nitrogens with zero attached hydrogens (tertiary/aromatic N) is 2. The highest BCUT2D eigenvalue weighted by molar-refractivity contribution is 7.87. The van der Waals surface area contributed by atoms with E-state index >= 15 is 0 Å². The molecule has 1 aliphatic rings. The number of hydrogen-bond acceptors (Lipinski definition) is 6. The highest BCUT2D eigenvalue weighted by atomic mass is 32.3. The predicted molar refractivity (Wildman–Crippen MR) is 68.3 cm³/mol. The topological polar surface area (TPSA) is 124 Å². The Morgan fingerprint density at radius 2 is 2.10 bits per heavy atom. The molecule has 8 nitrogen and oxygen atoms in total. The molecule has 1 saturated heterocycles. The van der Waals surface area contributed by atoms with Gasteiger partial charge in [0.2, 0.25) is 5.91 Å². The highest BCUT2D eigenvalue weighted by Crippen LogP contribution is 2.37. The van der Waals surface area contributed by atoms with E-state index in [4.69, 9.17) is 5.73 Å². The van der Waals surface area contributed by atoms with Gasteiger partial charge >= 0.3 is 10.2 Å². The molecule has 108 valence electrons. The SMILES string of the molecule is Nc1cccc([N+](=O)[O-])c1N1CC(S(=O)(=O)F)CC1=O. The summed E-state index contributed by atoms with van der Waals surface area (Å²) in [6.45, 7) is -0.493. The van der Waals surface area contributed by atoms with Crippen molar-refractivity contribution in [2.75, 3.05) is 17.2 Å². The van der Waals surface area contributed by atoms with E-state index in [1.807, 2.05) is 0 Å². The first-order valence-electron chi connectivity index (χ1n) is 5.48. The Kier molecular flexibility index (Phi) is 3.34. The Bertz CT molecular complexity index is 690. The van der Waals surface area contributed by atoms with Crippen molar-refractivity contribution in [2.45, 2.75) is 11.7 Å². The molecule has 1 atom stereocenters. The number of anilines is 2. The third-order valence-electron chi connectivity index (χ3n) is 3.00. The van der Waals surface area contributed by atoms with Crippen LogP contribution >= 0.6 is 0 Å². The first kappa shape index (κ1) is 14.2. The largest absolute Gasteiger partial charge is 0.397 e. The van der Waals surface area contributed by atoms with E-state index in [2.05, 4.69) is 0 Å². The second-order valence-electron chi connectivity index (χ2n) is 4.28. The number of carbonyl (C=O) groups excluding carboxylic acids is 1. The van der Waals surface area contributed by atoms with E-state index in [1.54, 1.807) is 0 Å². The molecule has 2 rings (SSSR count). The van der Waals surface area contributed by atoms with Gasteiger partial charge < -0.3 is 10.6 Å². The molecule has 1 aliphatic heterocycles. The Morgan fingerprint density at radius 1 is 1.45 bits per heavy atom. The minimum Gasteiger partial charge on any atom is -0.397 e. The minimum atomic E-state index is -4.90. The maximum atomic E-state index is 12.9. The summed E-state index contributed by atoms with van der Waals surface area (Å²) >= 11 is 0. The lowest BCUT2D eigenvalue weighted by molar-refractivity contribution is -0.384. The molecule has 0 saturated carbocycles. The van der Waals surface area contributed by atoms with E-state index < -0.39 is 45.0 Å². The first-order valence-corrected chi connectivity index (χ1v) is 6.93. The van der Waals surface area contributed by atoms with Gasteiger partial charge in [-0.1, -0.05) is 6.07 Å². The zero-order valence-electron chi connectivity index (χ0n) is 10.0. The fourth-order valence-electron chi connectivity index (χ4n) is 2.07. The van der Waals surface area contributed by atoms with Crippen LogP contribution in [0.25, 0.3) is 0 Å². The number of benzene rings is 1. The summed E-state index contributed by atoms with van der Waals surface area (Å²) in [5.74, 6) is -0.725. The van der Waals surface area contributed by atoms with Crippen LogP contribution in [0.2, 0.25) is 0 Å². The van der Waals surface area contributed by atoms with Gasteiger partial charge in [0, 0.05) is 19.0 Å². The molecule has 1 fully saturated rings. The number of carbonyl (C=O) groups is 1. The Labute approximate surface area is 113 Å². The number of halogens is 1. The van der Waals surface area contributed by atoms with Crippen LogP contribution in [0.4, 0.5) is 20.9 Å². The zero-order valence-corrected chi connectivity index (χ0v) is 10.8. The van der Waals surface area contributed by atoms with Gasteiger partial charge in [-0.2, -0.15) is 8.42 Å². The fraction of sp³-hybridized carbons (Fsp3) is 0.300. The van der Waals surface area contributed by atoms with Gasteiger partial charge in [-0.15, -0.1) is 3.89 Å². The second-order valence-corrected chi connectivity index (χ2v) is 5.90. The molecule has 20 heavy (non-hydrogen) atoms. The number of rotatable bonds is 3. The molecule has 0 spiro atoms. The van der Waals surface area contributed by atoms with Crippen LogP contribution in [-0.2, 0) is 15.0 Å². The summed E-state index contributed by atoms with van der Waals surface area (Å²) < 4.78 is 34.6. The number of nitro groups is 1. The van der Waals surface area contributed by atoms with Crippen molar-refractivity contribution in [3.63, 3.8) is 0 Å². The quantitative estimate of drug-likeness (QED) is 0.377. The highest BCUT2D eigenvalue weighted by Gasteiger charge is 2.41. The zero-order chi connectivity index (χ0) is 15.1. The Hall–Kier alpha value is -2.23. The van der Waals surface area contributed by atoms with E-state index in [-0.39, 0.29) is 11.4 Å². The summed E-state index contributed by atoms with van der Waals surface area (Å²) in [7, 11) is -4.90. The van der Waals surface area contributed by atoms with Crippen LogP contribution in [0, 0.1) is 10.1 Å². The molecule has 1 amide bonds. The number of nitro benzene ring substituents is 1. The van der Waals surface area contributed by atoms with E-state index in [9.17, 15) is 27.2 Å². The molecule has 0 aromatic heterocycles. The molecular formula is C10H10FN3O5S. The summed E-state index contributed by atoms with van der Waals surface area (Å²) in [5, 5.41) is 9.40. The van der Waals surface area contributed by atoms with E-state index in [0.29, 0.717) is 0 Å². The standard InChI is InChI=1S/C10H10FN3O5S/c11-20(18,19)6-4-9(15)13(5-6)10-7(12)2-1-3-8(10)14(16)17/h1-3,6H,4-5,12H2. The van der Waals surface area contributed by atoms with Gasteiger partial charge in [0.1, 0.15) is 10.9 Å². The summed E-state index contributed by atoms with van der Waals surface area (Å²) in [6, 6.07) is 3.81. The van der Waals surface area contributed by atoms with Gasteiger partial charge in [-0.25, -0.2) is 0 Å². The van der Waals surface area contributed by atoms with Crippen molar-refractivity contribution in [3.8, 4) is 0 Å². The molecule has 1 unspecified atom stereocenters. The van der Waals surface area contributed by atoms with Crippen LogP contribution in [0.5, 0.6) is 0 Å². The average Bonchev–Trinajstić information content (AvgIpc) is 2.70. The summed E-state index contributed by atoms with van der Waals surface area (Å²) in [6.07, 6.45) is -0.565. The first-order chi connectivity index (χ1) is 9.21. The van der Waals surface area contributed by atoms with Crippen molar-refractivity contribution in [2.24, 2.45) is 0 Å². The summed E-state index contributed by atoms with van der Waals surface area (Å²) in [4.78, 5) is 22.8. The van der Waals surface area contributed by atoms with Crippen LogP contribution in [0.15, 0.2) is 18.2 Å². The predicted octanol–water partition coefficient (Wildman–Crippen LogP) is 0.582. The maximum Gasteiger partial charge on any atom is 0.307 e. The number of amides is 1. The van der Waals surface area contributed by atoms with Gasteiger partial charge in [0.15, 0.2) is 0 Å². The second kappa shape index (κ2) is 4.71. The molecule has 1 aromatic rings. The third kappa shape index (κ3) is 2.41. The number of nitrogens with two attached hydrogens (primary N) is 1. The summed E-state index contributed by atoms with van der Waals surface area (Å²) in [5.41, 5.74) is 4.93. The molecule has 1 heterocycles. The number of hydrogen-bond donors (Lipinski definition) is 1. The molecule has 10 heteroatoms. The van der Waals surface area contributed by atoms with Gasteiger partial charge in [-0.05, 0) is 6.07 Å². The van der Waals surface area contributed by atoms with Crippen molar-refractivity contribution < 1.29 is 22.0 Å². The van der Waals surface area contributed by atoms with Gasteiger partial charge in [0.05, 0.1) is 10.6 Å². The minimum absolute atomic E-state index is 0.0514. The van der Waals surface area contributed by atoms with E-state index in [0.717, 1.165) is 11.0 Å². The van der Waals surface area contributed by atoms with Crippen LogP contribution < -0.4 is 10.6 Å². The lowest BCUT2D eigenvalue weighted by Crippen LogP contribution is -2.28. The van der Waals surface area contributed by atoms with Crippen LogP contribution in [0.1, 0.15) is 6.42 Å². The lowest BCUT2D eigenvalue weighted by atomic mass is 10.2. The molecule has 2 N–H and O–H groups in total. The number of para-hydroxylation sites is 1. The van der Waals surface area contributed by atoms with Gasteiger partial charge in [0.25, 0.3) is 5.69 Å². The monoisotopic (exact) mass is 303 g/mol. The molecule has 0 aliphatic carbocycles. The molecule has 0 radical (unpaired) electrons. The molecular weight excluding hydrogens is 293 g/mol.